The Hall–Kier alpha value is -1.71. The van der Waals surface area contributed by atoms with E-state index in [9.17, 15) is 4.79 Å². The third-order valence-corrected chi connectivity index (χ3v) is 1.55. The van der Waals surface area contributed by atoms with E-state index in [1.54, 1.807) is 26.3 Å². The second kappa shape index (κ2) is 4.35. The molecule has 0 aliphatic heterocycles. The Balaban J connectivity index is 2.71. The third-order valence-electron chi connectivity index (χ3n) is 1.55. The van der Waals surface area contributed by atoms with Crippen molar-refractivity contribution in [3.63, 3.8) is 0 Å². The summed E-state index contributed by atoms with van der Waals surface area (Å²) in [7, 11) is 3.15. The molecule has 0 unspecified atom stereocenters. The van der Waals surface area contributed by atoms with Crippen LogP contribution in [0.3, 0.4) is 0 Å². The SMILES string of the molecule is CNC(=O)Nc1cccc(OC)c1. The van der Waals surface area contributed by atoms with E-state index in [1.807, 2.05) is 12.1 Å². The highest BCUT2D eigenvalue weighted by Crippen LogP contribution is 2.16. The highest BCUT2D eigenvalue weighted by atomic mass is 16.5. The Labute approximate surface area is 76.9 Å². The number of nitrogens with one attached hydrogen (secondary N) is 2. The van der Waals surface area contributed by atoms with Crippen LogP contribution in [0.1, 0.15) is 0 Å². The first kappa shape index (κ1) is 9.38. The Morgan fingerprint density at radius 2 is 2.23 bits per heavy atom. The number of hydrogen-bond acceptors (Lipinski definition) is 2. The largest absolute Gasteiger partial charge is 0.497 e. The van der Waals surface area contributed by atoms with Crippen LogP contribution in [0.4, 0.5) is 10.5 Å². The number of benzene rings is 1. The van der Waals surface area contributed by atoms with E-state index >= 15 is 0 Å². The zero-order valence-electron chi connectivity index (χ0n) is 7.63. The summed E-state index contributed by atoms with van der Waals surface area (Å²) in [6.45, 7) is 0. The van der Waals surface area contributed by atoms with Crippen molar-refractivity contribution in [2.75, 3.05) is 19.5 Å². The van der Waals surface area contributed by atoms with E-state index in [-0.39, 0.29) is 6.03 Å². The number of ether oxygens (including phenoxy) is 1. The van der Waals surface area contributed by atoms with Crippen molar-refractivity contribution < 1.29 is 9.53 Å². The van der Waals surface area contributed by atoms with Crippen molar-refractivity contribution in [1.82, 2.24) is 5.32 Å². The molecule has 0 aliphatic rings. The van der Waals surface area contributed by atoms with Gasteiger partial charge < -0.3 is 15.4 Å². The van der Waals surface area contributed by atoms with Gasteiger partial charge in [-0.05, 0) is 12.1 Å². The highest BCUT2D eigenvalue weighted by molar-refractivity contribution is 5.89. The van der Waals surface area contributed by atoms with E-state index in [4.69, 9.17) is 4.74 Å². The minimum atomic E-state index is -0.242. The molecular formula is C9H12N2O2. The maximum absolute atomic E-state index is 10.9. The number of rotatable bonds is 2. The molecule has 4 nitrogen and oxygen atoms in total. The lowest BCUT2D eigenvalue weighted by molar-refractivity contribution is 0.254. The van der Waals surface area contributed by atoms with Gasteiger partial charge in [-0.15, -0.1) is 0 Å². The number of carbonyl (C=O) groups is 1. The summed E-state index contributed by atoms with van der Waals surface area (Å²) in [6.07, 6.45) is 0. The van der Waals surface area contributed by atoms with Gasteiger partial charge in [0.15, 0.2) is 0 Å². The second-order valence-corrected chi connectivity index (χ2v) is 2.44. The topological polar surface area (TPSA) is 50.4 Å². The molecule has 0 saturated heterocycles. The fourth-order valence-corrected chi connectivity index (χ4v) is 0.894. The predicted molar refractivity (Wildman–Crippen MR) is 51.1 cm³/mol. The molecule has 0 fully saturated rings. The second-order valence-electron chi connectivity index (χ2n) is 2.44. The van der Waals surface area contributed by atoms with Crippen LogP contribution in [0.15, 0.2) is 24.3 Å². The minimum Gasteiger partial charge on any atom is -0.497 e. The first-order chi connectivity index (χ1) is 6.26. The van der Waals surface area contributed by atoms with E-state index in [1.165, 1.54) is 0 Å². The molecule has 2 N–H and O–H groups in total. The number of urea groups is 1. The Bertz CT molecular complexity index is 299. The lowest BCUT2D eigenvalue weighted by Gasteiger charge is -2.05. The van der Waals surface area contributed by atoms with Crippen molar-refractivity contribution >= 4 is 11.7 Å². The monoisotopic (exact) mass is 180 g/mol. The van der Waals surface area contributed by atoms with Gasteiger partial charge in [0, 0.05) is 18.8 Å². The van der Waals surface area contributed by atoms with Gasteiger partial charge in [0.05, 0.1) is 7.11 Å². The van der Waals surface area contributed by atoms with Crippen LogP contribution in [0, 0.1) is 0 Å². The number of amides is 2. The zero-order valence-corrected chi connectivity index (χ0v) is 7.63. The molecule has 4 heteroatoms. The summed E-state index contributed by atoms with van der Waals surface area (Å²) in [5.41, 5.74) is 0.707. The molecule has 13 heavy (non-hydrogen) atoms. The average Bonchev–Trinajstić information content (AvgIpc) is 2.18. The molecule has 1 aromatic rings. The van der Waals surface area contributed by atoms with E-state index < -0.39 is 0 Å². The van der Waals surface area contributed by atoms with E-state index in [0.717, 1.165) is 0 Å². The van der Waals surface area contributed by atoms with Crippen LogP contribution in [0.5, 0.6) is 5.75 Å². The van der Waals surface area contributed by atoms with Crippen LogP contribution < -0.4 is 15.4 Å². The summed E-state index contributed by atoms with van der Waals surface area (Å²) in [5, 5.41) is 5.10. The molecule has 0 aromatic heterocycles. The zero-order chi connectivity index (χ0) is 9.68. The predicted octanol–water partition coefficient (Wildman–Crippen LogP) is 1.45. The van der Waals surface area contributed by atoms with Gasteiger partial charge in [-0.3, -0.25) is 0 Å². The van der Waals surface area contributed by atoms with Gasteiger partial charge in [-0.2, -0.15) is 0 Å². The average molecular weight is 180 g/mol. The number of carbonyl (C=O) groups excluding carboxylic acids is 1. The number of methoxy groups -OCH3 is 1. The van der Waals surface area contributed by atoms with E-state index in [2.05, 4.69) is 10.6 Å². The van der Waals surface area contributed by atoms with Gasteiger partial charge >= 0.3 is 6.03 Å². The van der Waals surface area contributed by atoms with Crippen LogP contribution in [-0.4, -0.2) is 20.2 Å². The van der Waals surface area contributed by atoms with Gasteiger partial charge in [0.1, 0.15) is 5.75 Å². The summed E-state index contributed by atoms with van der Waals surface area (Å²) in [4.78, 5) is 10.9. The Morgan fingerprint density at radius 3 is 2.85 bits per heavy atom. The highest BCUT2D eigenvalue weighted by Gasteiger charge is 1.98. The maximum Gasteiger partial charge on any atom is 0.318 e. The standard InChI is InChI=1S/C9H12N2O2/c1-10-9(12)11-7-4-3-5-8(6-7)13-2/h3-6H,1-2H3,(H2,10,11,12). The fourth-order valence-electron chi connectivity index (χ4n) is 0.894. The molecule has 0 saturated carbocycles. The number of anilines is 1. The van der Waals surface area contributed by atoms with Crippen molar-refractivity contribution in [2.24, 2.45) is 0 Å². The van der Waals surface area contributed by atoms with Crippen molar-refractivity contribution in [2.45, 2.75) is 0 Å². The Morgan fingerprint density at radius 1 is 1.46 bits per heavy atom. The molecule has 2 amide bonds. The lowest BCUT2D eigenvalue weighted by Crippen LogP contribution is -2.24. The molecular weight excluding hydrogens is 168 g/mol. The van der Waals surface area contributed by atoms with Crippen molar-refractivity contribution in [1.29, 1.82) is 0 Å². The molecule has 70 valence electrons. The van der Waals surface area contributed by atoms with Gasteiger partial charge in [0.25, 0.3) is 0 Å². The molecule has 0 radical (unpaired) electrons. The van der Waals surface area contributed by atoms with Crippen LogP contribution in [0.25, 0.3) is 0 Å². The van der Waals surface area contributed by atoms with Crippen LogP contribution in [0.2, 0.25) is 0 Å². The molecule has 0 bridgehead atoms. The normalized spacial score (nSPS) is 9.08. The quantitative estimate of drug-likeness (QED) is 0.723. The van der Waals surface area contributed by atoms with Gasteiger partial charge in [-0.1, -0.05) is 6.07 Å². The first-order valence-electron chi connectivity index (χ1n) is 3.89. The third kappa shape index (κ3) is 2.66. The molecule has 0 atom stereocenters. The first-order valence-corrected chi connectivity index (χ1v) is 3.89. The fraction of sp³-hybridized carbons (Fsp3) is 0.222. The minimum absolute atomic E-state index is 0.242. The van der Waals surface area contributed by atoms with Crippen LogP contribution >= 0.6 is 0 Å². The molecule has 0 heterocycles. The van der Waals surface area contributed by atoms with Crippen LogP contribution in [-0.2, 0) is 0 Å². The summed E-state index contributed by atoms with van der Waals surface area (Å²) in [6, 6.07) is 6.92. The molecule has 1 rings (SSSR count). The summed E-state index contributed by atoms with van der Waals surface area (Å²) >= 11 is 0. The Kier molecular flexibility index (Phi) is 3.14. The van der Waals surface area contributed by atoms with Crippen molar-refractivity contribution in [3.8, 4) is 5.75 Å². The van der Waals surface area contributed by atoms with Gasteiger partial charge in [-0.25, -0.2) is 4.79 Å². The molecule has 0 aliphatic carbocycles. The maximum atomic E-state index is 10.9. The molecule has 1 aromatic carbocycles. The summed E-state index contributed by atoms with van der Waals surface area (Å²) < 4.78 is 5.00. The molecule has 0 spiro atoms. The van der Waals surface area contributed by atoms with E-state index in [0.29, 0.717) is 11.4 Å². The lowest BCUT2D eigenvalue weighted by atomic mass is 10.3. The van der Waals surface area contributed by atoms with Crippen molar-refractivity contribution in [3.05, 3.63) is 24.3 Å². The van der Waals surface area contributed by atoms with Gasteiger partial charge in [0.2, 0.25) is 0 Å². The number of hydrogen-bond donors (Lipinski definition) is 2. The smallest absolute Gasteiger partial charge is 0.318 e. The summed E-state index contributed by atoms with van der Waals surface area (Å²) in [5.74, 6) is 0.717.